The van der Waals surface area contributed by atoms with Crippen LogP contribution in [0.25, 0.3) is 16.6 Å². The zero-order valence-electron chi connectivity index (χ0n) is 20.3. The van der Waals surface area contributed by atoms with Gasteiger partial charge < -0.3 is 15.0 Å². The number of nitrogens with zero attached hydrogens (tertiary/aromatic N) is 6. The van der Waals surface area contributed by atoms with Gasteiger partial charge in [0.05, 0.1) is 30.4 Å². The predicted octanol–water partition coefficient (Wildman–Crippen LogP) is 3.79. The molecule has 0 bridgehead atoms. The Balaban J connectivity index is 0.00000304. The number of aromatic nitrogens is 5. The minimum absolute atomic E-state index is 0. The maximum Gasteiger partial charge on any atom is 0.259 e. The standard InChI is InChI=1S/C25H29N7O3.H2/c1-15-10-18(30(3)16(2)33)6-7-22(15)32-14-17-11-19(23(35-4)12-20(17)29-32)25(34)28-21-13-27-31-9-5-8-26-24(21)31;/h5,8-9,11-15,18,22H,6-7,10H2,1-4H3,(H,28,34);1H/t15-,18?,22-;/m1./s1. The number of methoxy groups -OCH3 is 1. The van der Waals surface area contributed by atoms with Crippen molar-refractivity contribution in [3.05, 3.63) is 48.5 Å². The van der Waals surface area contributed by atoms with Crippen LogP contribution in [0.1, 0.15) is 50.9 Å². The maximum absolute atomic E-state index is 13.2. The van der Waals surface area contributed by atoms with Gasteiger partial charge in [-0.3, -0.25) is 14.3 Å². The first-order chi connectivity index (χ1) is 16.9. The molecule has 3 aromatic heterocycles. The molecular formula is C25H31N7O3. The van der Waals surface area contributed by atoms with Gasteiger partial charge in [0, 0.05) is 51.5 Å². The molecular weight excluding hydrogens is 446 g/mol. The van der Waals surface area contributed by atoms with Crippen molar-refractivity contribution in [1.82, 2.24) is 29.3 Å². The van der Waals surface area contributed by atoms with Gasteiger partial charge in [0.1, 0.15) is 11.4 Å². The molecule has 10 nitrogen and oxygen atoms in total. The van der Waals surface area contributed by atoms with E-state index in [0.29, 0.717) is 28.6 Å². The molecule has 1 aliphatic rings. The molecule has 0 spiro atoms. The average Bonchev–Trinajstić information content (AvgIpc) is 3.46. The van der Waals surface area contributed by atoms with Crippen molar-refractivity contribution >= 4 is 34.1 Å². The lowest BCUT2D eigenvalue weighted by Gasteiger charge is -2.38. The van der Waals surface area contributed by atoms with Crippen molar-refractivity contribution in [3.8, 4) is 5.75 Å². The quantitative estimate of drug-likeness (QED) is 0.469. The van der Waals surface area contributed by atoms with E-state index in [0.717, 1.165) is 30.2 Å². The fraction of sp³-hybridized carbons (Fsp3) is 0.400. The van der Waals surface area contributed by atoms with E-state index in [1.165, 1.54) is 0 Å². The van der Waals surface area contributed by atoms with E-state index in [1.54, 1.807) is 49.3 Å². The van der Waals surface area contributed by atoms with Crippen molar-refractivity contribution in [2.75, 3.05) is 19.5 Å². The summed E-state index contributed by atoms with van der Waals surface area (Å²) in [5.41, 5.74) is 2.27. The number of hydrogen-bond acceptors (Lipinski definition) is 6. The summed E-state index contributed by atoms with van der Waals surface area (Å²) >= 11 is 0. The first-order valence-electron chi connectivity index (χ1n) is 11.8. The second-order valence-electron chi connectivity index (χ2n) is 9.26. The number of anilines is 1. The molecule has 35 heavy (non-hydrogen) atoms. The third kappa shape index (κ3) is 4.20. The van der Waals surface area contributed by atoms with Gasteiger partial charge in [0.25, 0.3) is 5.91 Å². The lowest BCUT2D eigenvalue weighted by molar-refractivity contribution is -0.130. The van der Waals surface area contributed by atoms with Crippen LogP contribution in [0, 0.1) is 5.92 Å². The molecule has 0 aliphatic heterocycles. The zero-order chi connectivity index (χ0) is 24.7. The maximum atomic E-state index is 13.2. The van der Waals surface area contributed by atoms with E-state index in [4.69, 9.17) is 9.84 Å². The fourth-order valence-electron chi connectivity index (χ4n) is 5.05. The first kappa shape index (κ1) is 22.8. The zero-order valence-corrected chi connectivity index (χ0v) is 20.3. The van der Waals surface area contributed by atoms with Crippen LogP contribution >= 0.6 is 0 Å². The summed E-state index contributed by atoms with van der Waals surface area (Å²) in [6.07, 6.45) is 9.80. The van der Waals surface area contributed by atoms with Crippen molar-refractivity contribution in [2.45, 2.75) is 45.2 Å². The van der Waals surface area contributed by atoms with E-state index >= 15 is 0 Å². The van der Waals surface area contributed by atoms with Crippen molar-refractivity contribution in [2.24, 2.45) is 5.92 Å². The molecule has 0 saturated heterocycles. The number of rotatable bonds is 5. The monoisotopic (exact) mass is 477 g/mol. The largest absolute Gasteiger partial charge is 0.496 e. The summed E-state index contributed by atoms with van der Waals surface area (Å²) in [5.74, 6) is 0.601. The molecule has 5 rings (SSSR count). The number of hydrogen-bond donors (Lipinski definition) is 1. The Labute approximate surface area is 204 Å². The SMILES string of the molecule is COc1cc2nn([C@@H]3CCC(N(C)C(C)=O)C[C@H]3C)cc2cc1C(=O)Nc1cnn2cccnc12.[HH]. The third-order valence-corrected chi connectivity index (χ3v) is 7.10. The van der Waals surface area contributed by atoms with E-state index in [2.05, 4.69) is 22.3 Å². The highest BCUT2D eigenvalue weighted by Crippen LogP contribution is 2.37. The molecule has 2 amide bonds. The van der Waals surface area contributed by atoms with Crippen LogP contribution in [0.15, 0.2) is 43.0 Å². The van der Waals surface area contributed by atoms with Crippen LogP contribution in [0.2, 0.25) is 0 Å². The Morgan fingerprint density at radius 2 is 2.11 bits per heavy atom. The Hall–Kier alpha value is -3.95. The van der Waals surface area contributed by atoms with Crippen molar-refractivity contribution in [1.29, 1.82) is 0 Å². The normalized spacial score (nSPS) is 20.2. The van der Waals surface area contributed by atoms with Crippen LogP contribution in [-0.2, 0) is 4.79 Å². The molecule has 3 heterocycles. The second-order valence-corrected chi connectivity index (χ2v) is 9.26. The van der Waals surface area contributed by atoms with Crippen LogP contribution in [0.3, 0.4) is 0 Å². The Morgan fingerprint density at radius 3 is 2.86 bits per heavy atom. The molecule has 1 aromatic carbocycles. The van der Waals surface area contributed by atoms with Crippen LogP contribution in [0.4, 0.5) is 5.69 Å². The number of carbonyl (C=O) groups excluding carboxylic acids is 2. The van der Waals surface area contributed by atoms with Gasteiger partial charge in [0.2, 0.25) is 5.91 Å². The molecule has 0 radical (unpaired) electrons. The summed E-state index contributed by atoms with van der Waals surface area (Å²) in [4.78, 5) is 31.1. The third-order valence-electron chi connectivity index (χ3n) is 7.10. The van der Waals surface area contributed by atoms with Crippen LogP contribution < -0.4 is 10.1 Å². The lowest BCUT2D eigenvalue weighted by atomic mass is 9.82. The highest BCUT2D eigenvalue weighted by atomic mass is 16.5. The van der Waals surface area contributed by atoms with Gasteiger partial charge in [-0.2, -0.15) is 10.2 Å². The molecule has 1 saturated carbocycles. The first-order valence-corrected chi connectivity index (χ1v) is 11.8. The summed E-state index contributed by atoms with van der Waals surface area (Å²) < 4.78 is 9.15. The van der Waals surface area contributed by atoms with E-state index in [9.17, 15) is 9.59 Å². The number of benzene rings is 1. The smallest absolute Gasteiger partial charge is 0.259 e. The lowest BCUT2D eigenvalue weighted by Crippen LogP contribution is -2.41. The van der Waals surface area contributed by atoms with Gasteiger partial charge in [0.15, 0.2) is 5.65 Å². The van der Waals surface area contributed by atoms with Crippen LogP contribution in [0.5, 0.6) is 5.75 Å². The number of carbonyl (C=O) groups is 2. The molecule has 3 atom stereocenters. The summed E-state index contributed by atoms with van der Waals surface area (Å²) in [6, 6.07) is 5.87. The summed E-state index contributed by atoms with van der Waals surface area (Å²) in [5, 5.41) is 12.8. The molecule has 184 valence electrons. The Morgan fingerprint density at radius 1 is 1.29 bits per heavy atom. The second kappa shape index (κ2) is 9.01. The summed E-state index contributed by atoms with van der Waals surface area (Å²) in [6.45, 7) is 3.82. The molecule has 1 N–H and O–H groups in total. The van der Waals surface area contributed by atoms with Crippen LogP contribution in [-0.4, -0.2) is 61.3 Å². The fourth-order valence-corrected chi connectivity index (χ4v) is 5.05. The van der Waals surface area contributed by atoms with E-state index < -0.39 is 0 Å². The van der Waals surface area contributed by atoms with Crippen molar-refractivity contribution < 1.29 is 15.8 Å². The van der Waals surface area contributed by atoms with Gasteiger partial charge in [-0.05, 0) is 37.3 Å². The molecule has 1 aliphatic carbocycles. The van der Waals surface area contributed by atoms with Crippen molar-refractivity contribution in [3.63, 3.8) is 0 Å². The Bertz CT molecular complexity index is 1420. The van der Waals surface area contributed by atoms with Gasteiger partial charge in [-0.1, -0.05) is 6.92 Å². The average molecular weight is 478 g/mol. The van der Waals surface area contributed by atoms with Gasteiger partial charge in [-0.15, -0.1) is 0 Å². The highest BCUT2D eigenvalue weighted by molar-refractivity contribution is 6.09. The Kier molecular flexibility index (Phi) is 5.88. The molecule has 10 heteroatoms. The number of amides is 2. The number of fused-ring (bicyclic) bond motifs is 2. The number of ether oxygens (including phenoxy) is 1. The highest BCUT2D eigenvalue weighted by Gasteiger charge is 2.32. The van der Waals surface area contributed by atoms with E-state index in [1.807, 2.05) is 28.9 Å². The molecule has 1 fully saturated rings. The minimum Gasteiger partial charge on any atom is -0.496 e. The summed E-state index contributed by atoms with van der Waals surface area (Å²) in [7, 11) is 3.42. The van der Waals surface area contributed by atoms with Gasteiger partial charge >= 0.3 is 0 Å². The molecule has 4 aromatic rings. The number of nitrogens with one attached hydrogen (secondary N) is 1. The molecule has 1 unspecified atom stereocenters. The van der Waals surface area contributed by atoms with Gasteiger partial charge in [-0.25, -0.2) is 9.50 Å². The van der Waals surface area contributed by atoms with E-state index in [-0.39, 0.29) is 25.3 Å². The topological polar surface area (TPSA) is 107 Å². The predicted molar refractivity (Wildman–Crippen MR) is 134 cm³/mol. The minimum atomic E-state index is -0.307.